The molecule has 1 aliphatic heterocycles. The van der Waals surface area contributed by atoms with E-state index in [1.807, 2.05) is 18.2 Å². The Morgan fingerprint density at radius 1 is 1.47 bits per heavy atom. The monoisotopic (exact) mass is 368 g/mol. The minimum atomic E-state index is 0. The number of nitrogens with two attached hydrogens (primary N) is 1. The summed E-state index contributed by atoms with van der Waals surface area (Å²) in [4.78, 5) is 2.36. The molecule has 108 valence electrons. The Morgan fingerprint density at radius 3 is 2.95 bits per heavy atom. The van der Waals surface area contributed by atoms with Crippen LogP contribution in [0.2, 0.25) is 5.02 Å². The summed E-state index contributed by atoms with van der Waals surface area (Å²) < 4.78 is 6.64. The highest BCUT2D eigenvalue weighted by Gasteiger charge is 2.16. The van der Waals surface area contributed by atoms with E-state index in [1.165, 1.54) is 6.42 Å². The van der Waals surface area contributed by atoms with Crippen molar-refractivity contribution >= 4 is 39.9 Å². The third-order valence-electron chi connectivity index (χ3n) is 3.10. The number of likely N-dealkylation sites (tertiary alicyclic amines) is 1. The summed E-state index contributed by atoms with van der Waals surface area (Å²) in [6, 6.07) is 5.88. The highest BCUT2D eigenvalue weighted by atomic mass is 79.9. The van der Waals surface area contributed by atoms with Crippen molar-refractivity contribution in [3.05, 3.63) is 27.7 Å². The number of halogens is 3. The zero-order valence-corrected chi connectivity index (χ0v) is 13.8. The Bertz CT molecular complexity index is 406. The van der Waals surface area contributed by atoms with Crippen LogP contribution in [0.1, 0.15) is 12.8 Å². The summed E-state index contributed by atoms with van der Waals surface area (Å²) in [6.45, 7) is 3.69. The second-order valence-corrected chi connectivity index (χ2v) is 5.92. The predicted octanol–water partition coefficient (Wildman–Crippen LogP) is 3.33. The number of hydrogen-bond donors (Lipinski definition) is 1. The molecule has 1 saturated heterocycles. The molecule has 1 heterocycles. The van der Waals surface area contributed by atoms with E-state index in [4.69, 9.17) is 22.1 Å². The summed E-state index contributed by atoms with van der Waals surface area (Å²) in [5.74, 6) is 0.834. The van der Waals surface area contributed by atoms with Crippen molar-refractivity contribution < 1.29 is 4.74 Å². The van der Waals surface area contributed by atoms with E-state index in [2.05, 4.69) is 20.8 Å². The summed E-state index contributed by atoms with van der Waals surface area (Å²) in [7, 11) is 0. The lowest BCUT2D eigenvalue weighted by molar-refractivity contribution is 0.171. The van der Waals surface area contributed by atoms with Crippen LogP contribution in [0.4, 0.5) is 0 Å². The van der Waals surface area contributed by atoms with Gasteiger partial charge < -0.3 is 10.5 Å². The second-order valence-electron chi connectivity index (χ2n) is 4.63. The molecule has 1 fully saturated rings. The van der Waals surface area contributed by atoms with Gasteiger partial charge in [-0.25, -0.2) is 0 Å². The van der Waals surface area contributed by atoms with Gasteiger partial charge in [0.1, 0.15) is 12.4 Å². The fourth-order valence-corrected chi connectivity index (χ4v) is 2.97. The molecule has 0 amide bonds. The van der Waals surface area contributed by atoms with Gasteiger partial charge in [0.2, 0.25) is 0 Å². The van der Waals surface area contributed by atoms with Crippen LogP contribution in [0.3, 0.4) is 0 Å². The zero-order valence-electron chi connectivity index (χ0n) is 10.6. The fourth-order valence-electron chi connectivity index (χ4n) is 2.17. The van der Waals surface area contributed by atoms with Gasteiger partial charge in [0.25, 0.3) is 0 Å². The first-order chi connectivity index (χ1) is 8.65. The minimum absolute atomic E-state index is 0. The maximum absolute atomic E-state index is 5.94. The Balaban J connectivity index is 0.00000180. The smallest absolute Gasteiger partial charge is 0.133 e. The highest BCUT2D eigenvalue weighted by Crippen LogP contribution is 2.27. The average Bonchev–Trinajstić information content (AvgIpc) is 2.32. The summed E-state index contributed by atoms with van der Waals surface area (Å²) >= 11 is 9.32. The highest BCUT2D eigenvalue weighted by molar-refractivity contribution is 9.10. The van der Waals surface area contributed by atoms with Gasteiger partial charge in [-0.3, -0.25) is 4.90 Å². The van der Waals surface area contributed by atoms with Gasteiger partial charge in [-0.15, -0.1) is 12.4 Å². The molecule has 0 radical (unpaired) electrons. The van der Waals surface area contributed by atoms with E-state index in [0.717, 1.165) is 36.3 Å². The first-order valence-corrected chi connectivity index (χ1v) is 7.38. The van der Waals surface area contributed by atoms with Crippen molar-refractivity contribution in [2.24, 2.45) is 5.73 Å². The van der Waals surface area contributed by atoms with E-state index in [-0.39, 0.29) is 12.4 Å². The predicted molar refractivity (Wildman–Crippen MR) is 85.5 cm³/mol. The molecule has 6 heteroatoms. The van der Waals surface area contributed by atoms with Gasteiger partial charge in [-0.05, 0) is 53.5 Å². The molecule has 2 N–H and O–H groups in total. The quantitative estimate of drug-likeness (QED) is 0.884. The number of benzene rings is 1. The van der Waals surface area contributed by atoms with Gasteiger partial charge in [0, 0.05) is 24.2 Å². The molecule has 2 rings (SSSR count). The van der Waals surface area contributed by atoms with Crippen LogP contribution in [0.25, 0.3) is 0 Å². The largest absolute Gasteiger partial charge is 0.491 e. The fraction of sp³-hybridized carbons (Fsp3) is 0.538. The topological polar surface area (TPSA) is 38.5 Å². The standard InChI is InChI=1S/C13H18BrClN2O.ClH/c14-12-8-10(15)3-4-13(12)18-7-6-17-5-1-2-11(16)9-17;/h3-4,8,11H,1-2,5-7,9,16H2;1H. The van der Waals surface area contributed by atoms with Gasteiger partial charge in [0.15, 0.2) is 0 Å². The van der Waals surface area contributed by atoms with E-state index in [1.54, 1.807) is 0 Å². The zero-order chi connectivity index (χ0) is 13.0. The number of piperidine rings is 1. The minimum Gasteiger partial charge on any atom is -0.491 e. The van der Waals surface area contributed by atoms with Gasteiger partial charge in [0.05, 0.1) is 4.47 Å². The Labute approximate surface area is 134 Å². The molecular weight excluding hydrogens is 351 g/mol. The van der Waals surface area contributed by atoms with Crippen molar-refractivity contribution in [3.8, 4) is 5.75 Å². The average molecular weight is 370 g/mol. The molecule has 1 atom stereocenters. The molecule has 1 aliphatic rings. The third-order valence-corrected chi connectivity index (χ3v) is 3.96. The second kappa shape index (κ2) is 8.32. The van der Waals surface area contributed by atoms with E-state index in [0.29, 0.717) is 17.7 Å². The molecule has 0 spiro atoms. The van der Waals surface area contributed by atoms with Crippen LogP contribution in [0.5, 0.6) is 5.75 Å². The number of nitrogens with zero attached hydrogens (tertiary/aromatic N) is 1. The number of hydrogen-bond acceptors (Lipinski definition) is 3. The lowest BCUT2D eigenvalue weighted by atomic mass is 10.1. The molecule has 0 aliphatic carbocycles. The molecular formula is C13H19BrCl2N2O. The summed E-state index contributed by atoms with van der Waals surface area (Å²) in [6.07, 6.45) is 2.33. The summed E-state index contributed by atoms with van der Waals surface area (Å²) in [5.41, 5.74) is 5.94. The third kappa shape index (κ3) is 5.48. The maximum Gasteiger partial charge on any atom is 0.133 e. The van der Waals surface area contributed by atoms with Crippen LogP contribution < -0.4 is 10.5 Å². The maximum atomic E-state index is 5.94. The molecule has 0 bridgehead atoms. The molecule has 0 saturated carbocycles. The van der Waals surface area contributed by atoms with Crippen molar-refractivity contribution in [2.75, 3.05) is 26.2 Å². The van der Waals surface area contributed by atoms with E-state index < -0.39 is 0 Å². The molecule has 0 aromatic heterocycles. The molecule has 19 heavy (non-hydrogen) atoms. The Morgan fingerprint density at radius 2 is 2.26 bits per heavy atom. The van der Waals surface area contributed by atoms with Crippen LogP contribution in [-0.4, -0.2) is 37.2 Å². The van der Waals surface area contributed by atoms with Crippen molar-refractivity contribution in [2.45, 2.75) is 18.9 Å². The van der Waals surface area contributed by atoms with E-state index >= 15 is 0 Å². The normalized spacial score (nSPS) is 19.8. The Kier molecular flexibility index (Phi) is 7.47. The SMILES string of the molecule is Cl.NC1CCCN(CCOc2ccc(Cl)cc2Br)C1. The van der Waals surface area contributed by atoms with Crippen LogP contribution in [-0.2, 0) is 0 Å². The number of rotatable bonds is 4. The molecule has 1 aromatic carbocycles. The molecule has 3 nitrogen and oxygen atoms in total. The van der Waals surface area contributed by atoms with Crippen molar-refractivity contribution in [1.29, 1.82) is 0 Å². The number of ether oxygens (including phenoxy) is 1. The molecule has 1 unspecified atom stereocenters. The first-order valence-electron chi connectivity index (χ1n) is 6.21. The Hall–Kier alpha value is -0.0000000000000000555. The molecule has 1 aromatic rings. The van der Waals surface area contributed by atoms with Crippen LogP contribution in [0.15, 0.2) is 22.7 Å². The summed E-state index contributed by atoms with van der Waals surface area (Å²) in [5, 5.41) is 0.705. The van der Waals surface area contributed by atoms with Crippen LogP contribution >= 0.6 is 39.9 Å². The van der Waals surface area contributed by atoms with Crippen molar-refractivity contribution in [3.63, 3.8) is 0 Å². The van der Waals surface area contributed by atoms with Crippen LogP contribution in [0, 0.1) is 0 Å². The lowest BCUT2D eigenvalue weighted by Gasteiger charge is -2.30. The van der Waals surface area contributed by atoms with Gasteiger partial charge >= 0.3 is 0 Å². The van der Waals surface area contributed by atoms with Gasteiger partial charge in [-0.1, -0.05) is 11.6 Å². The van der Waals surface area contributed by atoms with Crippen molar-refractivity contribution in [1.82, 2.24) is 4.90 Å². The van der Waals surface area contributed by atoms with Gasteiger partial charge in [-0.2, -0.15) is 0 Å². The first kappa shape index (κ1) is 17.1. The lowest BCUT2D eigenvalue weighted by Crippen LogP contribution is -2.44. The van der Waals surface area contributed by atoms with E-state index in [9.17, 15) is 0 Å².